The maximum absolute atomic E-state index is 11.6. The predicted molar refractivity (Wildman–Crippen MR) is 59.8 cm³/mol. The number of carbonyl (C=O) groups is 2. The Morgan fingerprint density at radius 2 is 2.12 bits per heavy atom. The highest BCUT2D eigenvalue weighted by molar-refractivity contribution is 5.87. The first-order valence-corrected chi connectivity index (χ1v) is 5.85. The van der Waals surface area contributed by atoms with Crippen LogP contribution in [0.3, 0.4) is 0 Å². The Morgan fingerprint density at radius 1 is 1.50 bits per heavy atom. The van der Waals surface area contributed by atoms with E-state index in [-0.39, 0.29) is 11.8 Å². The van der Waals surface area contributed by atoms with Gasteiger partial charge < -0.3 is 16.2 Å². The number of carboxylic acid groups (broad SMARTS) is 1. The van der Waals surface area contributed by atoms with Gasteiger partial charge in [0.1, 0.15) is 6.04 Å². The summed E-state index contributed by atoms with van der Waals surface area (Å²) in [5, 5.41) is 11.5. The smallest absolute Gasteiger partial charge is 0.326 e. The SMILES string of the molecule is CCCCC(N)C(=O)NC(C(=O)O)C1CC1. The third kappa shape index (κ3) is 3.81. The van der Waals surface area contributed by atoms with Crippen molar-refractivity contribution in [2.75, 3.05) is 0 Å². The van der Waals surface area contributed by atoms with Crippen LogP contribution in [0.25, 0.3) is 0 Å². The lowest BCUT2D eigenvalue weighted by Crippen LogP contribution is -2.49. The van der Waals surface area contributed by atoms with Crippen LogP contribution in [-0.4, -0.2) is 29.1 Å². The fourth-order valence-corrected chi connectivity index (χ4v) is 1.63. The van der Waals surface area contributed by atoms with Crippen LogP contribution < -0.4 is 11.1 Å². The maximum atomic E-state index is 11.6. The first-order chi connectivity index (χ1) is 7.56. The van der Waals surface area contributed by atoms with Gasteiger partial charge in [-0.15, -0.1) is 0 Å². The van der Waals surface area contributed by atoms with Gasteiger partial charge in [-0.25, -0.2) is 4.79 Å². The number of nitrogens with two attached hydrogens (primary N) is 1. The van der Waals surface area contributed by atoms with E-state index in [1.807, 2.05) is 6.92 Å². The Kier molecular flexibility index (Phi) is 4.73. The van der Waals surface area contributed by atoms with Crippen molar-refractivity contribution < 1.29 is 14.7 Å². The van der Waals surface area contributed by atoms with Crippen LogP contribution in [0, 0.1) is 5.92 Å². The summed E-state index contributed by atoms with van der Waals surface area (Å²) in [6.45, 7) is 2.02. The summed E-state index contributed by atoms with van der Waals surface area (Å²) < 4.78 is 0. The molecule has 0 radical (unpaired) electrons. The van der Waals surface area contributed by atoms with Crippen LogP contribution in [0.2, 0.25) is 0 Å². The summed E-state index contributed by atoms with van der Waals surface area (Å²) in [7, 11) is 0. The summed E-state index contributed by atoms with van der Waals surface area (Å²) in [4.78, 5) is 22.5. The standard InChI is InChI=1S/C11H20N2O3/c1-2-3-4-8(12)10(14)13-9(11(15)16)7-5-6-7/h7-9H,2-6,12H2,1H3,(H,13,14)(H,15,16). The summed E-state index contributed by atoms with van der Waals surface area (Å²) in [5.41, 5.74) is 5.67. The Hall–Kier alpha value is -1.10. The largest absolute Gasteiger partial charge is 0.480 e. The molecule has 0 spiro atoms. The number of carbonyl (C=O) groups excluding carboxylic acids is 1. The molecule has 1 fully saturated rings. The van der Waals surface area contributed by atoms with Crippen LogP contribution in [0.1, 0.15) is 39.0 Å². The van der Waals surface area contributed by atoms with E-state index in [1.54, 1.807) is 0 Å². The second-order valence-electron chi connectivity index (χ2n) is 4.41. The molecule has 1 aliphatic rings. The molecule has 92 valence electrons. The molecule has 0 aromatic heterocycles. The van der Waals surface area contributed by atoms with Crippen molar-refractivity contribution in [2.45, 2.75) is 51.1 Å². The quantitative estimate of drug-likeness (QED) is 0.591. The van der Waals surface area contributed by atoms with Crippen LogP contribution in [0.15, 0.2) is 0 Å². The maximum Gasteiger partial charge on any atom is 0.326 e. The Labute approximate surface area is 95.4 Å². The lowest BCUT2D eigenvalue weighted by Gasteiger charge is -2.17. The van der Waals surface area contributed by atoms with Crippen molar-refractivity contribution in [3.63, 3.8) is 0 Å². The van der Waals surface area contributed by atoms with Crippen molar-refractivity contribution in [1.29, 1.82) is 0 Å². The molecule has 5 nitrogen and oxygen atoms in total. The highest BCUT2D eigenvalue weighted by atomic mass is 16.4. The molecular formula is C11H20N2O3. The van der Waals surface area contributed by atoms with Crippen LogP contribution in [0.4, 0.5) is 0 Å². The Bertz CT molecular complexity index is 264. The highest BCUT2D eigenvalue weighted by Gasteiger charge is 2.37. The zero-order valence-corrected chi connectivity index (χ0v) is 9.61. The van der Waals surface area contributed by atoms with Gasteiger partial charge in [-0.1, -0.05) is 19.8 Å². The summed E-state index contributed by atoms with van der Waals surface area (Å²) in [6, 6.07) is -1.33. The lowest BCUT2D eigenvalue weighted by molar-refractivity contribution is -0.142. The van der Waals surface area contributed by atoms with Gasteiger partial charge in [0, 0.05) is 0 Å². The number of aliphatic carboxylic acids is 1. The predicted octanol–water partition coefficient (Wildman–Crippen LogP) is 0.483. The zero-order valence-electron chi connectivity index (χ0n) is 9.61. The van der Waals surface area contributed by atoms with Gasteiger partial charge in [0.05, 0.1) is 6.04 Å². The van der Waals surface area contributed by atoms with Crippen molar-refractivity contribution in [3.8, 4) is 0 Å². The zero-order chi connectivity index (χ0) is 12.1. The molecule has 16 heavy (non-hydrogen) atoms. The van der Waals surface area contributed by atoms with Crippen molar-refractivity contribution >= 4 is 11.9 Å². The first kappa shape index (κ1) is 13.0. The normalized spacial score (nSPS) is 18.9. The topological polar surface area (TPSA) is 92.4 Å². The van der Waals surface area contributed by atoms with E-state index in [4.69, 9.17) is 10.8 Å². The summed E-state index contributed by atoms with van der Waals surface area (Å²) in [6.07, 6.45) is 4.23. The number of nitrogens with one attached hydrogen (secondary N) is 1. The molecule has 0 bridgehead atoms. The van der Waals surface area contributed by atoms with E-state index in [2.05, 4.69) is 5.32 Å². The number of hydrogen-bond acceptors (Lipinski definition) is 3. The number of unbranched alkanes of at least 4 members (excludes halogenated alkanes) is 1. The van der Waals surface area contributed by atoms with Gasteiger partial charge in [0.15, 0.2) is 0 Å². The van der Waals surface area contributed by atoms with E-state index in [9.17, 15) is 9.59 Å². The molecular weight excluding hydrogens is 208 g/mol. The average molecular weight is 228 g/mol. The molecule has 0 aromatic rings. The molecule has 2 atom stereocenters. The Balaban J connectivity index is 2.38. The van der Waals surface area contributed by atoms with E-state index in [0.717, 1.165) is 25.7 Å². The molecule has 2 unspecified atom stereocenters. The molecule has 5 heteroatoms. The van der Waals surface area contributed by atoms with Gasteiger partial charge in [-0.05, 0) is 25.2 Å². The van der Waals surface area contributed by atoms with Gasteiger partial charge in [0.2, 0.25) is 5.91 Å². The van der Waals surface area contributed by atoms with Crippen LogP contribution >= 0.6 is 0 Å². The number of hydrogen-bond donors (Lipinski definition) is 3. The van der Waals surface area contributed by atoms with E-state index in [1.165, 1.54) is 0 Å². The van der Waals surface area contributed by atoms with Crippen molar-refractivity contribution in [2.24, 2.45) is 11.7 Å². The fourth-order valence-electron chi connectivity index (χ4n) is 1.63. The fraction of sp³-hybridized carbons (Fsp3) is 0.818. The van der Waals surface area contributed by atoms with Gasteiger partial charge in [-0.3, -0.25) is 4.79 Å². The third-order valence-electron chi connectivity index (χ3n) is 2.86. The highest BCUT2D eigenvalue weighted by Crippen LogP contribution is 2.32. The molecule has 1 saturated carbocycles. The van der Waals surface area contributed by atoms with Crippen LogP contribution in [-0.2, 0) is 9.59 Å². The van der Waals surface area contributed by atoms with E-state index in [0.29, 0.717) is 6.42 Å². The molecule has 0 heterocycles. The van der Waals surface area contributed by atoms with Crippen molar-refractivity contribution in [1.82, 2.24) is 5.32 Å². The first-order valence-electron chi connectivity index (χ1n) is 5.85. The molecule has 0 aliphatic heterocycles. The van der Waals surface area contributed by atoms with Gasteiger partial charge in [0.25, 0.3) is 0 Å². The van der Waals surface area contributed by atoms with E-state index < -0.39 is 18.1 Å². The molecule has 0 aromatic carbocycles. The van der Waals surface area contributed by atoms with Gasteiger partial charge in [-0.2, -0.15) is 0 Å². The monoisotopic (exact) mass is 228 g/mol. The van der Waals surface area contributed by atoms with Crippen molar-refractivity contribution in [3.05, 3.63) is 0 Å². The number of amides is 1. The number of carboxylic acids is 1. The minimum atomic E-state index is -0.960. The molecule has 1 rings (SSSR count). The van der Waals surface area contributed by atoms with Gasteiger partial charge >= 0.3 is 5.97 Å². The number of rotatable bonds is 7. The molecule has 0 saturated heterocycles. The average Bonchev–Trinajstić information content (AvgIpc) is 3.05. The molecule has 4 N–H and O–H groups in total. The summed E-state index contributed by atoms with van der Waals surface area (Å²) in [5.74, 6) is -1.20. The second-order valence-corrected chi connectivity index (χ2v) is 4.41. The summed E-state index contributed by atoms with van der Waals surface area (Å²) >= 11 is 0. The second kappa shape index (κ2) is 5.84. The Morgan fingerprint density at radius 3 is 2.56 bits per heavy atom. The lowest BCUT2D eigenvalue weighted by atomic mass is 10.1. The third-order valence-corrected chi connectivity index (χ3v) is 2.86. The minimum absolute atomic E-state index is 0.0971. The van der Waals surface area contributed by atoms with E-state index >= 15 is 0 Å². The minimum Gasteiger partial charge on any atom is -0.480 e. The van der Waals surface area contributed by atoms with Crippen LogP contribution in [0.5, 0.6) is 0 Å². The molecule has 1 amide bonds. The molecule has 1 aliphatic carbocycles.